The highest BCUT2D eigenvalue weighted by Crippen LogP contribution is 2.28. The van der Waals surface area contributed by atoms with Crippen LogP contribution in [-0.2, 0) is 11.8 Å². The highest BCUT2D eigenvalue weighted by molar-refractivity contribution is 6.03. The lowest BCUT2D eigenvalue weighted by atomic mass is 10.2. The Morgan fingerprint density at radius 3 is 2.64 bits per heavy atom. The van der Waals surface area contributed by atoms with E-state index >= 15 is 0 Å². The number of carbonyl (C=O) groups excluding carboxylic acids is 2. The van der Waals surface area contributed by atoms with Crippen molar-refractivity contribution in [3.63, 3.8) is 0 Å². The molecule has 0 unspecified atom stereocenters. The van der Waals surface area contributed by atoms with E-state index in [1.54, 1.807) is 7.05 Å². The van der Waals surface area contributed by atoms with E-state index in [1.807, 2.05) is 12.2 Å². The van der Waals surface area contributed by atoms with Gasteiger partial charge >= 0.3 is 6.03 Å². The van der Waals surface area contributed by atoms with Crippen molar-refractivity contribution in [3.8, 4) is 0 Å². The second-order valence-corrected chi connectivity index (χ2v) is 4.45. The van der Waals surface area contributed by atoms with Gasteiger partial charge in [-0.15, -0.1) is 0 Å². The Hall–Kier alpha value is -2.45. The number of hydrogen-bond donors (Lipinski definition) is 1. The summed E-state index contributed by atoms with van der Waals surface area (Å²) in [6.07, 6.45) is 0.865. The van der Waals surface area contributed by atoms with E-state index in [1.165, 1.54) is 9.58 Å². The number of amides is 3. The van der Waals surface area contributed by atoms with Crippen LogP contribution in [0.2, 0.25) is 0 Å². The second kappa shape index (κ2) is 7.01. The molecule has 1 N–H and O–H groups in total. The number of aryl methyl sites for hydroxylation is 1. The lowest BCUT2D eigenvalue weighted by Crippen LogP contribution is -2.40. The number of nitrogens with one attached hydrogen (secondary N) is 1. The summed E-state index contributed by atoms with van der Waals surface area (Å²) in [5, 5.41) is 6.44. The molecule has 0 atom stereocenters. The minimum atomic E-state index is -1.02. The molecule has 115 valence electrons. The first-order valence-electron chi connectivity index (χ1n) is 6.33. The maximum absolute atomic E-state index is 13.4. The molecule has 0 bridgehead atoms. The number of rotatable bonds is 4. The van der Waals surface area contributed by atoms with Crippen molar-refractivity contribution in [1.29, 1.82) is 0 Å². The summed E-state index contributed by atoms with van der Waals surface area (Å²) in [5.41, 5.74) is 0.351. The van der Waals surface area contributed by atoms with Gasteiger partial charge in [0.15, 0.2) is 17.5 Å². The van der Waals surface area contributed by atoms with Gasteiger partial charge in [0, 0.05) is 33.5 Å². The predicted molar refractivity (Wildman–Crippen MR) is 78.6 cm³/mol. The molecule has 3 amide bonds. The standard InChI is InChI=1S/C13H14F2N4O2.B/c1-3-4-19(13(21)16-7-20)12-8-5-9(14)10(15)6-11(8)18(2)17-12;/h5-7H,3-4H2,1-2H3,(H,16,20,21);. The Bertz CT molecular complexity index is 705. The molecular formula is C13H14BF2N4O2. The van der Waals surface area contributed by atoms with E-state index in [0.717, 1.165) is 12.1 Å². The van der Waals surface area contributed by atoms with Gasteiger partial charge in [-0.1, -0.05) is 6.92 Å². The van der Waals surface area contributed by atoms with Crippen molar-refractivity contribution in [1.82, 2.24) is 15.1 Å². The van der Waals surface area contributed by atoms with E-state index in [0.29, 0.717) is 17.3 Å². The smallest absolute Gasteiger partial charge is 0.280 e. The van der Waals surface area contributed by atoms with Crippen LogP contribution >= 0.6 is 0 Å². The molecule has 2 aromatic rings. The molecule has 1 heterocycles. The third-order valence-electron chi connectivity index (χ3n) is 3.00. The van der Waals surface area contributed by atoms with E-state index in [4.69, 9.17) is 0 Å². The number of aromatic nitrogens is 2. The van der Waals surface area contributed by atoms with Crippen molar-refractivity contribution < 1.29 is 18.4 Å². The molecule has 2 rings (SSSR count). The third-order valence-corrected chi connectivity index (χ3v) is 3.00. The van der Waals surface area contributed by atoms with Gasteiger partial charge in [-0.3, -0.25) is 19.7 Å². The first kappa shape index (κ1) is 17.6. The summed E-state index contributed by atoms with van der Waals surface area (Å²) < 4.78 is 28.1. The molecule has 0 aliphatic carbocycles. The van der Waals surface area contributed by atoms with Crippen molar-refractivity contribution in [2.75, 3.05) is 11.4 Å². The van der Waals surface area contributed by atoms with Crippen molar-refractivity contribution in [2.24, 2.45) is 7.05 Å². The summed E-state index contributed by atoms with van der Waals surface area (Å²) >= 11 is 0. The molecular weight excluding hydrogens is 293 g/mol. The Balaban J connectivity index is 0.00000242. The molecule has 0 saturated carbocycles. The van der Waals surface area contributed by atoms with Gasteiger partial charge in [-0.25, -0.2) is 13.6 Å². The Morgan fingerprint density at radius 2 is 2.05 bits per heavy atom. The molecule has 1 aromatic heterocycles. The zero-order valence-electron chi connectivity index (χ0n) is 12.1. The number of hydrogen-bond acceptors (Lipinski definition) is 3. The fraction of sp³-hybridized carbons (Fsp3) is 0.308. The lowest BCUT2D eigenvalue weighted by molar-refractivity contribution is -0.108. The number of imide groups is 1. The average molecular weight is 307 g/mol. The van der Waals surface area contributed by atoms with E-state index in [9.17, 15) is 18.4 Å². The number of anilines is 1. The van der Waals surface area contributed by atoms with Crippen LogP contribution in [0.5, 0.6) is 0 Å². The fourth-order valence-corrected chi connectivity index (χ4v) is 2.09. The molecule has 22 heavy (non-hydrogen) atoms. The molecule has 0 saturated heterocycles. The molecule has 0 aliphatic rings. The number of halogens is 2. The van der Waals surface area contributed by atoms with Crippen LogP contribution in [-0.4, -0.2) is 37.2 Å². The molecule has 0 fully saturated rings. The SMILES string of the molecule is CCCN(C(=O)NC=O)c1nn(C)c2cc(F)c(F)cc12.[B]. The van der Waals surface area contributed by atoms with Gasteiger partial charge in [0.1, 0.15) is 0 Å². The predicted octanol–water partition coefficient (Wildman–Crippen LogP) is 1.55. The van der Waals surface area contributed by atoms with Crippen LogP contribution in [0, 0.1) is 11.6 Å². The van der Waals surface area contributed by atoms with E-state index in [-0.39, 0.29) is 27.2 Å². The van der Waals surface area contributed by atoms with Crippen molar-refractivity contribution in [2.45, 2.75) is 13.3 Å². The Labute approximate surface area is 127 Å². The average Bonchev–Trinajstić information content (AvgIpc) is 2.74. The first-order chi connectivity index (χ1) is 9.99. The molecule has 9 heteroatoms. The van der Waals surface area contributed by atoms with Crippen molar-refractivity contribution in [3.05, 3.63) is 23.8 Å². The summed E-state index contributed by atoms with van der Waals surface area (Å²) in [6.45, 7) is 2.12. The van der Waals surface area contributed by atoms with Gasteiger partial charge < -0.3 is 0 Å². The first-order valence-corrected chi connectivity index (χ1v) is 6.33. The number of carbonyl (C=O) groups is 2. The molecule has 3 radical (unpaired) electrons. The maximum Gasteiger partial charge on any atom is 0.329 e. The van der Waals surface area contributed by atoms with Crippen LogP contribution < -0.4 is 10.2 Å². The Kier molecular flexibility index (Phi) is 5.61. The largest absolute Gasteiger partial charge is 0.329 e. The van der Waals surface area contributed by atoms with Gasteiger partial charge in [-0.2, -0.15) is 5.10 Å². The molecule has 1 aromatic carbocycles. The molecule has 6 nitrogen and oxygen atoms in total. The number of nitrogens with zero attached hydrogens (tertiary/aromatic N) is 3. The highest BCUT2D eigenvalue weighted by atomic mass is 19.2. The Morgan fingerprint density at radius 1 is 1.41 bits per heavy atom. The summed E-state index contributed by atoms with van der Waals surface area (Å²) in [6, 6.07) is 1.34. The lowest BCUT2D eigenvalue weighted by Gasteiger charge is -2.18. The normalized spacial score (nSPS) is 10.2. The number of fused-ring (bicyclic) bond motifs is 1. The summed E-state index contributed by atoms with van der Waals surface area (Å²) in [7, 11) is 1.56. The van der Waals surface area contributed by atoms with Crippen LogP contribution in [0.15, 0.2) is 12.1 Å². The van der Waals surface area contributed by atoms with Crippen LogP contribution in [0.1, 0.15) is 13.3 Å². The number of benzene rings is 1. The van der Waals surface area contributed by atoms with E-state index < -0.39 is 17.7 Å². The fourth-order valence-electron chi connectivity index (χ4n) is 2.09. The van der Waals surface area contributed by atoms with Crippen LogP contribution in [0.4, 0.5) is 19.4 Å². The van der Waals surface area contributed by atoms with Crippen LogP contribution in [0.25, 0.3) is 10.9 Å². The van der Waals surface area contributed by atoms with Gasteiger partial charge in [0.05, 0.1) is 5.52 Å². The number of urea groups is 1. The topological polar surface area (TPSA) is 67.2 Å². The summed E-state index contributed by atoms with van der Waals surface area (Å²) in [5.74, 6) is -1.84. The van der Waals surface area contributed by atoms with Crippen LogP contribution in [0.3, 0.4) is 0 Å². The van der Waals surface area contributed by atoms with Gasteiger partial charge in [0.2, 0.25) is 6.41 Å². The molecule has 0 aliphatic heterocycles. The zero-order chi connectivity index (χ0) is 15.6. The minimum absolute atomic E-state index is 0. The maximum atomic E-state index is 13.4. The zero-order valence-corrected chi connectivity index (χ0v) is 12.1. The van der Waals surface area contributed by atoms with Gasteiger partial charge in [-0.05, 0) is 12.5 Å². The monoisotopic (exact) mass is 307 g/mol. The quantitative estimate of drug-likeness (QED) is 0.688. The second-order valence-electron chi connectivity index (χ2n) is 4.45. The molecule has 0 spiro atoms. The highest BCUT2D eigenvalue weighted by Gasteiger charge is 2.22. The van der Waals surface area contributed by atoms with Crippen molar-refractivity contribution >= 4 is 37.6 Å². The minimum Gasteiger partial charge on any atom is -0.280 e. The third kappa shape index (κ3) is 3.08. The summed E-state index contributed by atoms with van der Waals surface area (Å²) in [4.78, 5) is 23.6. The van der Waals surface area contributed by atoms with Gasteiger partial charge in [0.25, 0.3) is 0 Å². The van der Waals surface area contributed by atoms with E-state index in [2.05, 4.69) is 5.10 Å².